The van der Waals surface area contributed by atoms with Crippen molar-refractivity contribution in [1.82, 2.24) is 0 Å². The molecule has 0 rings (SSSR count). The van der Waals surface area contributed by atoms with Gasteiger partial charge in [0.2, 0.25) is 0 Å². The summed E-state index contributed by atoms with van der Waals surface area (Å²) in [5.41, 5.74) is 0.528. The monoisotopic (exact) mass is 280 g/mol. The van der Waals surface area contributed by atoms with E-state index in [2.05, 4.69) is 26.5 Å². The highest BCUT2D eigenvalue weighted by Crippen LogP contribution is 2.22. The van der Waals surface area contributed by atoms with Crippen LogP contribution in [0.5, 0.6) is 0 Å². The van der Waals surface area contributed by atoms with Gasteiger partial charge in [-0.15, -0.1) is 0 Å². The maximum Gasteiger partial charge on any atom is 0.303 e. The lowest BCUT2D eigenvalue weighted by atomic mass is 9.92. The number of allylic oxidation sites excluding steroid dienone is 2. The molecule has 2 atom stereocenters. The number of hydrogen-bond donors (Lipinski definition) is 0. The maximum atomic E-state index is 12.1. The molecular weight excluding hydrogens is 252 g/mol. The quantitative estimate of drug-likeness (QED) is 0.469. The van der Waals surface area contributed by atoms with Crippen LogP contribution in [0.4, 0.5) is 0 Å². The lowest BCUT2D eigenvalue weighted by molar-refractivity contribution is -0.152. The molecule has 3 nitrogen and oxygen atoms in total. The Bertz CT molecular complexity index is 378. The van der Waals surface area contributed by atoms with Crippen LogP contribution >= 0.6 is 0 Å². The van der Waals surface area contributed by atoms with E-state index >= 15 is 0 Å². The predicted octanol–water partition coefficient (Wildman–Crippen LogP) is 4.23. The van der Waals surface area contributed by atoms with Gasteiger partial charge in [-0.3, -0.25) is 9.59 Å². The van der Waals surface area contributed by atoms with Gasteiger partial charge in [0.25, 0.3) is 0 Å². The highest BCUT2D eigenvalue weighted by atomic mass is 16.6. The Labute approximate surface area is 123 Å². The van der Waals surface area contributed by atoms with Crippen molar-refractivity contribution in [3.8, 4) is 0 Å². The van der Waals surface area contributed by atoms with Crippen molar-refractivity contribution >= 4 is 11.8 Å². The summed E-state index contributed by atoms with van der Waals surface area (Å²) in [4.78, 5) is 23.1. The van der Waals surface area contributed by atoms with Gasteiger partial charge in [0.1, 0.15) is 11.4 Å². The second-order valence-corrected chi connectivity index (χ2v) is 5.84. The molecule has 0 amide bonds. The van der Waals surface area contributed by atoms with E-state index in [4.69, 9.17) is 4.74 Å². The van der Waals surface area contributed by atoms with Gasteiger partial charge < -0.3 is 4.74 Å². The number of ether oxygens (including phenoxy) is 1. The topological polar surface area (TPSA) is 43.4 Å². The minimum Gasteiger partial charge on any atom is -0.455 e. The first-order valence-corrected chi connectivity index (χ1v) is 7.19. The van der Waals surface area contributed by atoms with Gasteiger partial charge in [0.15, 0.2) is 0 Å². The van der Waals surface area contributed by atoms with E-state index in [1.165, 1.54) is 12.5 Å². The molecule has 3 heteroatoms. The zero-order valence-electron chi connectivity index (χ0n) is 13.5. The highest BCUT2D eigenvalue weighted by Gasteiger charge is 2.25. The van der Waals surface area contributed by atoms with Crippen molar-refractivity contribution in [2.24, 2.45) is 5.92 Å². The fraction of sp³-hybridized carbons (Fsp3) is 0.647. The number of esters is 1. The first kappa shape index (κ1) is 18.6. The first-order chi connectivity index (χ1) is 9.20. The van der Waals surface area contributed by atoms with Crippen molar-refractivity contribution in [3.63, 3.8) is 0 Å². The zero-order valence-corrected chi connectivity index (χ0v) is 13.5. The van der Waals surface area contributed by atoms with Gasteiger partial charge in [-0.05, 0) is 46.1 Å². The lowest BCUT2D eigenvalue weighted by Gasteiger charge is -2.25. The Morgan fingerprint density at radius 2 is 1.90 bits per heavy atom. The molecule has 0 aromatic carbocycles. The van der Waals surface area contributed by atoms with Crippen molar-refractivity contribution in [3.05, 3.63) is 24.3 Å². The average molecular weight is 280 g/mol. The molecule has 0 aromatic heterocycles. The Hall–Kier alpha value is -1.38. The molecule has 0 aliphatic rings. The number of carbonyl (C=O) groups excluding carboxylic acids is 2. The summed E-state index contributed by atoms with van der Waals surface area (Å²) in [5, 5.41) is 0. The molecule has 0 spiro atoms. The van der Waals surface area contributed by atoms with Crippen LogP contribution in [0.25, 0.3) is 0 Å². The Balaban J connectivity index is 4.28. The van der Waals surface area contributed by atoms with Gasteiger partial charge in [-0.25, -0.2) is 0 Å². The van der Waals surface area contributed by atoms with Crippen molar-refractivity contribution in [2.75, 3.05) is 0 Å². The van der Waals surface area contributed by atoms with E-state index in [0.29, 0.717) is 12.8 Å². The van der Waals surface area contributed by atoms with Crippen molar-refractivity contribution < 1.29 is 14.3 Å². The van der Waals surface area contributed by atoms with Gasteiger partial charge in [0, 0.05) is 19.3 Å². The SMILES string of the molecule is C=CC(C)(CCC(=O)C(C)CCC=C(C)C)OC(C)=O. The number of rotatable bonds is 9. The largest absolute Gasteiger partial charge is 0.455 e. The minimum atomic E-state index is -0.749. The van der Waals surface area contributed by atoms with Gasteiger partial charge in [0.05, 0.1) is 0 Å². The molecule has 0 aliphatic heterocycles. The number of hydrogen-bond acceptors (Lipinski definition) is 3. The summed E-state index contributed by atoms with van der Waals surface area (Å²) in [6, 6.07) is 0. The van der Waals surface area contributed by atoms with Crippen LogP contribution in [-0.4, -0.2) is 17.4 Å². The molecule has 0 N–H and O–H groups in total. The van der Waals surface area contributed by atoms with E-state index in [0.717, 1.165) is 12.8 Å². The highest BCUT2D eigenvalue weighted by molar-refractivity contribution is 5.80. The predicted molar refractivity (Wildman–Crippen MR) is 82.4 cm³/mol. The molecule has 0 heterocycles. The first-order valence-electron chi connectivity index (χ1n) is 7.19. The molecule has 114 valence electrons. The van der Waals surface area contributed by atoms with Gasteiger partial charge in [-0.1, -0.05) is 25.2 Å². The normalized spacial score (nSPS) is 14.8. The Morgan fingerprint density at radius 3 is 2.35 bits per heavy atom. The smallest absolute Gasteiger partial charge is 0.303 e. The fourth-order valence-electron chi connectivity index (χ4n) is 1.92. The molecule has 0 aromatic rings. The number of ketones is 1. The Morgan fingerprint density at radius 1 is 1.30 bits per heavy atom. The van der Waals surface area contributed by atoms with Gasteiger partial charge >= 0.3 is 5.97 Å². The molecule has 0 aliphatic carbocycles. The van der Waals surface area contributed by atoms with E-state index < -0.39 is 5.60 Å². The van der Waals surface area contributed by atoms with Crippen LogP contribution in [0.15, 0.2) is 24.3 Å². The maximum absolute atomic E-state index is 12.1. The molecule has 0 fully saturated rings. The second-order valence-electron chi connectivity index (χ2n) is 5.84. The summed E-state index contributed by atoms with van der Waals surface area (Å²) in [6.07, 6.45) is 6.43. The number of carbonyl (C=O) groups is 2. The van der Waals surface area contributed by atoms with Crippen LogP contribution < -0.4 is 0 Å². The second kappa shape index (κ2) is 8.72. The van der Waals surface area contributed by atoms with Crippen LogP contribution in [0, 0.1) is 5.92 Å². The van der Waals surface area contributed by atoms with E-state index in [9.17, 15) is 9.59 Å². The van der Waals surface area contributed by atoms with Crippen LogP contribution in [0.2, 0.25) is 0 Å². The minimum absolute atomic E-state index is 0.0389. The molecule has 0 saturated carbocycles. The summed E-state index contributed by atoms with van der Waals surface area (Å²) < 4.78 is 5.21. The van der Waals surface area contributed by atoms with Crippen molar-refractivity contribution in [1.29, 1.82) is 0 Å². The standard InChI is InChI=1S/C17H28O3/c1-7-17(6,20-15(5)18)12-11-16(19)14(4)10-8-9-13(2)3/h7,9,14H,1,8,10-12H2,2-6H3. The van der Waals surface area contributed by atoms with E-state index in [1.807, 2.05) is 6.92 Å². The third kappa shape index (κ3) is 7.93. The third-order valence-electron chi connectivity index (χ3n) is 3.38. The fourth-order valence-corrected chi connectivity index (χ4v) is 1.92. The summed E-state index contributed by atoms with van der Waals surface area (Å²) >= 11 is 0. The molecule has 20 heavy (non-hydrogen) atoms. The Kier molecular flexibility index (Phi) is 8.12. The third-order valence-corrected chi connectivity index (χ3v) is 3.38. The number of Topliss-reactive ketones (excluding diaryl/α,β-unsaturated/α-hetero) is 1. The zero-order chi connectivity index (χ0) is 15.8. The van der Waals surface area contributed by atoms with Crippen LogP contribution in [0.3, 0.4) is 0 Å². The van der Waals surface area contributed by atoms with E-state index in [-0.39, 0.29) is 17.7 Å². The van der Waals surface area contributed by atoms with E-state index in [1.54, 1.807) is 13.0 Å². The molecular formula is C17H28O3. The lowest BCUT2D eigenvalue weighted by Crippen LogP contribution is -2.29. The van der Waals surface area contributed by atoms with Gasteiger partial charge in [-0.2, -0.15) is 0 Å². The molecule has 0 bridgehead atoms. The molecule has 0 radical (unpaired) electrons. The summed E-state index contributed by atoms with van der Waals surface area (Å²) in [5.74, 6) is -0.0965. The molecule has 0 saturated heterocycles. The summed E-state index contributed by atoms with van der Waals surface area (Å²) in [7, 11) is 0. The van der Waals surface area contributed by atoms with Crippen LogP contribution in [0.1, 0.15) is 60.3 Å². The molecule has 2 unspecified atom stereocenters. The average Bonchev–Trinajstić information content (AvgIpc) is 2.34. The van der Waals surface area contributed by atoms with Crippen molar-refractivity contribution in [2.45, 2.75) is 65.9 Å². The summed E-state index contributed by atoms with van der Waals surface area (Å²) in [6.45, 7) is 12.9. The van der Waals surface area contributed by atoms with Crippen LogP contribution in [-0.2, 0) is 14.3 Å².